The second-order valence-corrected chi connectivity index (χ2v) is 7.32. The number of aryl methyl sites for hydroxylation is 1. The van der Waals surface area contributed by atoms with Crippen molar-refractivity contribution in [2.45, 2.75) is 38.6 Å². The minimum absolute atomic E-state index is 0. The number of halogens is 2. The highest BCUT2D eigenvalue weighted by Crippen LogP contribution is 2.20. The fourth-order valence-corrected chi connectivity index (χ4v) is 3.48. The van der Waals surface area contributed by atoms with E-state index in [-0.39, 0.29) is 30.0 Å². The first-order valence-electron chi connectivity index (χ1n) is 9.62. The topological polar surface area (TPSA) is 115 Å². The van der Waals surface area contributed by atoms with Gasteiger partial charge in [0.1, 0.15) is 12.4 Å². The van der Waals surface area contributed by atoms with Crippen LogP contribution in [-0.2, 0) is 30.9 Å². The van der Waals surface area contributed by atoms with Gasteiger partial charge in [-0.15, -0.1) is 24.0 Å². The maximum absolute atomic E-state index is 6.03. The number of hydrogen-bond donors (Lipinski definition) is 2. The highest BCUT2D eigenvalue weighted by atomic mass is 127. The second-order valence-electron chi connectivity index (χ2n) is 6.89. The number of nitrogens with one attached hydrogen (secondary N) is 2. The van der Waals surface area contributed by atoms with Crippen molar-refractivity contribution in [1.82, 2.24) is 35.5 Å². The molecule has 2 aromatic heterocycles. The van der Waals surface area contributed by atoms with Crippen LogP contribution in [0.3, 0.4) is 0 Å². The standard InChI is InChI=1S/C19H23ClN8O2.HI/c1-21-19(23-14-6-7-16-24-15(11-29-2)26-28(16)10-14)22-9-17-25-18(27-30-17)12-4-3-5-13(20)8-12;/h3-5,8,14H,6-7,9-11H2,1-2H3,(H2,21,22,23);1H. The number of aliphatic imine (C=N–C) groups is 1. The van der Waals surface area contributed by atoms with Crippen molar-refractivity contribution in [2.75, 3.05) is 14.2 Å². The molecule has 0 saturated carbocycles. The molecule has 0 amide bonds. The average Bonchev–Trinajstić information content (AvgIpc) is 3.37. The number of ether oxygens (including phenoxy) is 1. The van der Waals surface area contributed by atoms with Crippen LogP contribution in [-0.4, -0.2) is 51.1 Å². The van der Waals surface area contributed by atoms with Crippen LogP contribution in [0.25, 0.3) is 11.4 Å². The molecule has 12 heteroatoms. The van der Waals surface area contributed by atoms with Gasteiger partial charge < -0.3 is 19.9 Å². The van der Waals surface area contributed by atoms with Crippen LogP contribution in [0, 0.1) is 0 Å². The lowest BCUT2D eigenvalue weighted by atomic mass is 10.1. The van der Waals surface area contributed by atoms with Gasteiger partial charge in [-0.3, -0.25) is 4.99 Å². The predicted molar refractivity (Wildman–Crippen MR) is 126 cm³/mol. The molecule has 0 saturated heterocycles. The average molecular weight is 559 g/mol. The monoisotopic (exact) mass is 558 g/mol. The molecule has 3 heterocycles. The van der Waals surface area contributed by atoms with E-state index in [0.717, 1.165) is 24.2 Å². The summed E-state index contributed by atoms with van der Waals surface area (Å²) in [6, 6.07) is 7.51. The molecule has 2 N–H and O–H groups in total. The predicted octanol–water partition coefficient (Wildman–Crippen LogP) is 2.43. The van der Waals surface area contributed by atoms with E-state index in [1.165, 1.54) is 0 Å². The molecule has 1 atom stereocenters. The first kappa shape index (κ1) is 23.4. The molecule has 0 bridgehead atoms. The summed E-state index contributed by atoms with van der Waals surface area (Å²) in [4.78, 5) is 13.2. The Bertz CT molecular complexity index is 1040. The number of hydrogen-bond acceptors (Lipinski definition) is 7. The summed E-state index contributed by atoms with van der Waals surface area (Å²) >= 11 is 6.03. The van der Waals surface area contributed by atoms with Crippen LogP contribution in [0.2, 0.25) is 5.02 Å². The van der Waals surface area contributed by atoms with Crippen molar-refractivity contribution in [2.24, 2.45) is 4.99 Å². The van der Waals surface area contributed by atoms with Crippen LogP contribution < -0.4 is 10.6 Å². The van der Waals surface area contributed by atoms with Crippen molar-refractivity contribution in [3.63, 3.8) is 0 Å². The van der Waals surface area contributed by atoms with E-state index in [9.17, 15) is 0 Å². The maximum atomic E-state index is 6.03. The molecular weight excluding hydrogens is 535 g/mol. The van der Waals surface area contributed by atoms with Crippen molar-refractivity contribution >= 4 is 41.5 Å². The number of rotatable bonds is 6. The summed E-state index contributed by atoms with van der Waals surface area (Å²) in [5.41, 5.74) is 0.804. The summed E-state index contributed by atoms with van der Waals surface area (Å²) in [6.45, 7) is 1.49. The SMILES string of the molecule is CN=C(NCc1nc(-c2cccc(Cl)c2)no1)NC1CCc2nc(COC)nn2C1.I. The van der Waals surface area contributed by atoms with Crippen molar-refractivity contribution in [3.05, 3.63) is 46.8 Å². The third kappa shape index (κ3) is 5.92. The van der Waals surface area contributed by atoms with Gasteiger partial charge in [0.15, 0.2) is 11.8 Å². The Hall–Kier alpha value is -2.25. The first-order chi connectivity index (χ1) is 14.6. The number of guanidine groups is 1. The largest absolute Gasteiger partial charge is 0.377 e. The van der Waals surface area contributed by atoms with E-state index in [2.05, 4.69) is 35.8 Å². The summed E-state index contributed by atoms with van der Waals surface area (Å²) in [7, 11) is 3.36. The molecule has 0 aliphatic carbocycles. The lowest BCUT2D eigenvalue weighted by molar-refractivity contribution is 0.177. The highest BCUT2D eigenvalue weighted by molar-refractivity contribution is 14.0. The fourth-order valence-electron chi connectivity index (χ4n) is 3.29. The van der Waals surface area contributed by atoms with Crippen LogP contribution in [0.4, 0.5) is 0 Å². The quantitative estimate of drug-likeness (QED) is 0.269. The molecule has 0 spiro atoms. The Kier molecular flexibility index (Phi) is 8.21. The fraction of sp³-hybridized carbons (Fsp3) is 0.421. The maximum Gasteiger partial charge on any atom is 0.246 e. The van der Waals surface area contributed by atoms with Gasteiger partial charge in [-0.25, -0.2) is 9.67 Å². The van der Waals surface area contributed by atoms with Gasteiger partial charge in [0.25, 0.3) is 0 Å². The molecule has 31 heavy (non-hydrogen) atoms. The summed E-state index contributed by atoms with van der Waals surface area (Å²) in [5.74, 6) is 3.31. The lowest BCUT2D eigenvalue weighted by Crippen LogP contribution is -2.46. The minimum atomic E-state index is 0. The second kappa shape index (κ2) is 10.9. The molecule has 166 valence electrons. The van der Waals surface area contributed by atoms with Gasteiger partial charge in [0.05, 0.1) is 13.1 Å². The Morgan fingerprint density at radius 1 is 1.39 bits per heavy atom. The van der Waals surface area contributed by atoms with Gasteiger partial charge >= 0.3 is 0 Å². The summed E-state index contributed by atoms with van der Waals surface area (Å²) in [6.07, 6.45) is 1.78. The Morgan fingerprint density at radius 3 is 3.03 bits per heavy atom. The van der Waals surface area contributed by atoms with E-state index in [4.69, 9.17) is 20.9 Å². The van der Waals surface area contributed by atoms with Crippen LogP contribution >= 0.6 is 35.6 Å². The summed E-state index contributed by atoms with van der Waals surface area (Å²) in [5, 5.41) is 15.8. The number of benzene rings is 1. The number of aromatic nitrogens is 5. The van der Waals surface area contributed by atoms with Gasteiger partial charge in [-0.05, 0) is 18.6 Å². The van der Waals surface area contributed by atoms with Crippen LogP contribution in [0.15, 0.2) is 33.8 Å². The van der Waals surface area contributed by atoms with E-state index < -0.39 is 0 Å². The molecular formula is C19H24ClIN8O2. The molecule has 3 aromatic rings. The molecule has 1 aliphatic rings. The first-order valence-corrected chi connectivity index (χ1v) is 9.99. The molecule has 0 fully saturated rings. The van der Waals surface area contributed by atoms with E-state index in [1.807, 2.05) is 16.8 Å². The molecule has 4 rings (SSSR count). The zero-order valence-electron chi connectivity index (χ0n) is 17.2. The normalized spacial score (nSPS) is 15.8. The van der Waals surface area contributed by atoms with E-state index in [0.29, 0.717) is 48.2 Å². The van der Waals surface area contributed by atoms with Gasteiger partial charge in [0, 0.05) is 37.2 Å². The Balaban J connectivity index is 0.00000272. The minimum Gasteiger partial charge on any atom is -0.377 e. The highest BCUT2D eigenvalue weighted by Gasteiger charge is 2.22. The molecule has 10 nitrogen and oxygen atoms in total. The zero-order chi connectivity index (χ0) is 20.9. The third-order valence-electron chi connectivity index (χ3n) is 4.70. The molecule has 0 radical (unpaired) electrons. The third-order valence-corrected chi connectivity index (χ3v) is 4.93. The van der Waals surface area contributed by atoms with Crippen molar-refractivity contribution < 1.29 is 9.26 Å². The van der Waals surface area contributed by atoms with Crippen molar-refractivity contribution in [3.8, 4) is 11.4 Å². The number of methoxy groups -OCH3 is 1. The summed E-state index contributed by atoms with van der Waals surface area (Å²) < 4.78 is 12.4. The Labute approximate surface area is 201 Å². The van der Waals surface area contributed by atoms with Gasteiger partial charge in [-0.1, -0.05) is 28.9 Å². The molecule has 1 aliphatic heterocycles. The number of fused-ring (bicyclic) bond motifs is 1. The molecule has 1 aromatic carbocycles. The van der Waals surface area contributed by atoms with Gasteiger partial charge in [-0.2, -0.15) is 10.1 Å². The van der Waals surface area contributed by atoms with Crippen LogP contribution in [0.1, 0.15) is 24.0 Å². The van der Waals surface area contributed by atoms with Crippen LogP contribution in [0.5, 0.6) is 0 Å². The lowest BCUT2D eigenvalue weighted by Gasteiger charge is -2.25. The van der Waals surface area contributed by atoms with E-state index >= 15 is 0 Å². The number of nitrogens with zero attached hydrogens (tertiary/aromatic N) is 6. The van der Waals surface area contributed by atoms with E-state index in [1.54, 1.807) is 26.3 Å². The zero-order valence-corrected chi connectivity index (χ0v) is 20.3. The van der Waals surface area contributed by atoms with Gasteiger partial charge in [0.2, 0.25) is 11.7 Å². The molecule has 1 unspecified atom stereocenters. The van der Waals surface area contributed by atoms with Crippen molar-refractivity contribution in [1.29, 1.82) is 0 Å². The smallest absolute Gasteiger partial charge is 0.246 e. The Morgan fingerprint density at radius 2 is 2.26 bits per heavy atom.